The maximum atomic E-state index is 13.5. The van der Waals surface area contributed by atoms with E-state index in [1.807, 2.05) is 12.3 Å². The van der Waals surface area contributed by atoms with Crippen LogP contribution in [0.1, 0.15) is 37.3 Å². The lowest BCUT2D eigenvalue weighted by atomic mass is 10.1. The summed E-state index contributed by atoms with van der Waals surface area (Å²) in [6.45, 7) is 6.93. The minimum Gasteiger partial charge on any atom is -0.357 e. The van der Waals surface area contributed by atoms with Gasteiger partial charge in [0, 0.05) is 31.4 Å². The molecule has 1 heterocycles. The Balaban J connectivity index is 1.55. The summed E-state index contributed by atoms with van der Waals surface area (Å²) < 4.78 is 13.5. The molecule has 6 heteroatoms. The quantitative estimate of drug-likeness (QED) is 0.538. The van der Waals surface area contributed by atoms with Crippen molar-refractivity contribution in [1.29, 1.82) is 0 Å². The van der Waals surface area contributed by atoms with Gasteiger partial charge in [-0.25, -0.2) is 9.38 Å². The van der Waals surface area contributed by atoms with Crippen LogP contribution in [0.25, 0.3) is 0 Å². The van der Waals surface area contributed by atoms with Crippen LogP contribution in [0, 0.1) is 11.7 Å². The number of hydrogen-bond donors (Lipinski definition) is 2. The zero-order valence-corrected chi connectivity index (χ0v) is 16.7. The standard InChI is InChI=1S/C20H31FN4S/c1-3-22-20(23-11-15-8-9-25(13-15)19-6-7-19)24-12-16-4-5-18(21)10-17(16)14-26-2/h4-5,10,15,19H,3,6-9,11-14H2,1-2H3,(H2,22,23,24). The van der Waals surface area contributed by atoms with Gasteiger partial charge in [0.15, 0.2) is 5.96 Å². The van der Waals surface area contributed by atoms with E-state index in [9.17, 15) is 4.39 Å². The molecule has 2 N–H and O–H groups in total. The minimum atomic E-state index is -0.173. The molecular formula is C20H31FN4S. The summed E-state index contributed by atoms with van der Waals surface area (Å²) in [6.07, 6.45) is 6.09. The SMILES string of the molecule is CCNC(=NCc1ccc(F)cc1CSC)NCC1CCN(C2CC2)C1. The average molecular weight is 379 g/mol. The van der Waals surface area contributed by atoms with Crippen LogP contribution in [0.4, 0.5) is 4.39 Å². The Morgan fingerprint density at radius 1 is 1.27 bits per heavy atom. The van der Waals surface area contributed by atoms with Crippen LogP contribution in [0.2, 0.25) is 0 Å². The zero-order chi connectivity index (χ0) is 18.4. The van der Waals surface area contributed by atoms with E-state index in [1.54, 1.807) is 17.8 Å². The highest BCUT2D eigenvalue weighted by Gasteiger charge is 2.34. The molecule has 1 aliphatic heterocycles. The molecule has 2 aliphatic rings. The smallest absolute Gasteiger partial charge is 0.191 e. The monoisotopic (exact) mass is 378 g/mol. The Kier molecular flexibility index (Phi) is 7.20. The Hall–Kier alpha value is -1.27. The van der Waals surface area contributed by atoms with E-state index in [2.05, 4.69) is 22.5 Å². The van der Waals surface area contributed by atoms with Gasteiger partial charge < -0.3 is 15.5 Å². The number of rotatable bonds is 8. The predicted molar refractivity (Wildman–Crippen MR) is 109 cm³/mol. The van der Waals surface area contributed by atoms with Crippen molar-refractivity contribution in [2.75, 3.05) is 32.4 Å². The lowest BCUT2D eigenvalue weighted by molar-refractivity contribution is 0.314. The minimum absolute atomic E-state index is 0.173. The molecule has 2 fully saturated rings. The van der Waals surface area contributed by atoms with Crippen molar-refractivity contribution in [3.63, 3.8) is 0 Å². The van der Waals surface area contributed by atoms with Gasteiger partial charge >= 0.3 is 0 Å². The number of nitrogens with zero attached hydrogens (tertiary/aromatic N) is 2. The van der Waals surface area contributed by atoms with Gasteiger partial charge in [0.25, 0.3) is 0 Å². The number of benzene rings is 1. The van der Waals surface area contributed by atoms with Gasteiger partial charge in [-0.05, 0) is 68.2 Å². The van der Waals surface area contributed by atoms with Crippen molar-refractivity contribution in [3.8, 4) is 0 Å². The summed E-state index contributed by atoms with van der Waals surface area (Å²) >= 11 is 1.71. The van der Waals surface area contributed by atoms with E-state index in [-0.39, 0.29) is 5.82 Å². The van der Waals surface area contributed by atoms with Crippen LogP contribution in [-0.2, 0) is 12.3 Å². The van der Waals surface area contributed by atoms with Crippen molar-refractivity contribution in [2.45, 2.75) is 44.5 Å². The molecule has 1 saturated heterocycles. The van der Waals surface area contributed by atoms with Crippen LogP contribution in [0.15, 0.2) is 23.2 Å². The summed E-state index contributed by atoms with van der Waals surface area (Å²) in [5.74, 6) is 2.20. The lowest BCUT2D eigenvalue weighted by Crippen LogP contribution is -2.40. The highest BCUT2D eigenvalue weighted by Crippen LogP contribution is 2.31. The molecule has 1 aliphatic carbocycles. The number of halogens is 1. The molecule has 26 heavy (non-hydrogen) atoms. The Morgan fingerprint density at radius 2 is 2.12 bits per heavy atom. The molecule has 0 aromatic heterocycles. The van der Waals surface area contributed by atoms with Crippen LogP contribution in [0.5, 0.6) is 0 Å². The van der Waals surface area contributed by atoms with Gasteiger partial charge in [0.2, 0.25) is 0 Å². The molecular weight excluding hydrogens is 347 g/mol. The Labute approximate surface area is 161 Å². The third kappa shape index (κ3) is 5.61. The first kappa shape index (κ1) is 19.5. The second-order valence-corrected chi connectivity index (χ2v) is 8.17. The number of aliphatic imine (C=N–C) groups is 1. The van der Waals surface area contributed by atoms with Gasteiger partial charge in [-0.2, -0.15) is 11.8 Å². The second kappa shape index (κ2) is 9.60. The van der Waals surface area contributed by atoms with E-state index < -0.39 is 0 Å². The lowest BCUT2D eigenvalue weighted by Gasteiger charge is -2.17. The van der Waals surface area contributed by atoms with Gasteiger partial charge in [-0.3, -0.25) is 0 Å². The molecule has 1 saturated carbocycles. The summed E-state index contributed by atoms with van der Waals surface area (Å²) in [7, 11) is 0. The molecule has 0 radical (unpaired) electrons. The Bertz CT molecular complexity index is 618. The van der Waals surface area contributed by atoms with Crippen molar-refractivity contribution in [2.24, 2.45) is 10.9 Å². The molecule has 3 rings (SSSR count). The van der Waals surface area contributed by atoms with Crippen molar-refractivity contribution in [3.05, 3.63) is 35.1 Å². The summed E-state index contributed by atoms with van der Waals surface area (Å²) in [6, 6.07) is 5.89. The van der Waals surface area contributed by atoms with E-state index in [4.69, 9.17) is 4.99 Å². The average Bonchev–Trinajstić information content (AvgIpc) is 3.37. The van der Waals surface area contributed by atoms with Gasteiger partial charge in [-0.1, -0.05) is 6.07 Å². The number of likely N-dealkylation sites (tertiary alicyclic amines) is 1. The summed E-state index contributed by atoms with van der Waals surface area (Å²) in [5, 5.41) is 6.84. The van der Waals surface area contributed by atoms with Crippen LogP contribution < -0.4 is 10.6 Å². The first-order valence-electron chi connectivity index (χ1n) is 9.72. The molecule has 1 aromatic carbocycles. The number of thioether (sulfide) groups is 1. The zero-order valence-electron chi connectivity index (χ0n) is 15.9. The number of nitrogens with one attached hydrogen (secondary N) is 2. The first-order chi connectivity index (χ1) is 12.7. The molecule has 0 bridgehead atoms. The highest BCUT2D eigenvalue weighted by molar-refractivity contribution is 7.97. The third-order valence-corrected chi connectivity index (χ3v) is 5.76. The van der Waals surface area contributed by atoms with Gasteiger partial charge in [0.05, 0.1) is 6.54 Å². The predicted octanol–water partition coefficient (Wildman–Crippen LogP) is 3.23. The van der Waals surface area contributed by atoms with E-state index >= 15 is 0 Å². The van der Waals surface area contributed by atoms with Crippen molar-refractivity contribution in [1.82, 2.24) is 15.5 Å². The summed E-state index contributed by atoms with van der Waals surface area (Å²) in [4.78, 5) is 7.38. The van der Waals surface area contributed by atoms with Crippen molar-refractivity contribution >= 4 is 17.7 Å². The number of guanidine groups is 1. The van der Waals surface area contributed by atoms with E-state index in [0.29, 0.717) is 12.5 Å². The molecule has 1 unspecified atom stereocenters. The molecule has 4 nitrogen and oxygen atoms in total. The first-order valence-corrected chi connectivity index (χ1v) is 11.1. The second-order valence-electron chi connectivity index (χ2n) is 7.30. The maximum absolute atomic E-state index is 13.5. The largest absolute Gasteiger partial charge is 0.357 e. The fraction of sp³-hybridized carbons (Fsp3) is 0.650. The normalized spacial score (nSPS) is 21.2. The maximum Gasteiger partial charge on any atom is 0.191 e. The molecule has 0 amide bonds. The molecule has 1 atom stereocenters. The van der Waals surface area contributed by atoms with E-state index in [0.717, 1.165) is 42.0 Å². The van der Waals surface area contributed by atoms with Gasteiger partial charge in [-0.15, -0.1) is 0 Å². The van der Waals surface area contributed by atoms with Crippen LogP contribution in [-0.4, -0.2) is 49.3 Å². The molecule has 144 valence electrons. The topological polar surface area (TPSA) is 39.7 Å². The van der Waals surface area contributed by atoms with Crippen LogP contribution >= 0.6 is 11.8 Å². The van der Waals surface area contributed by atoms with Gasteiger partial charge in [0.1, 0.15) is 5.82 Å². The van der Waals surface area contributed by atoms with Crippen molar-refractivity contribution < 1.29 is 4.39 Å². The highest BCUT2D eigenvalue weighted by atomic mass is 32.2. The third-order valence-electron chi connectivity index (χ3n) is 5.16. The fourth-order valence-corrected chi connectivity index (χ4v) is 4.17. The summed E-state index contributed by atoms with van der Waals surface area (Å²) in [5.41, 5.74) is 2.13. The Morgan fingerprint density at radius 3 is 2.85 bits per heavy atom. The fourth-order valence-electron chi connectivity index (χ4n) is 3.59. The molecule has 0 spiro atoms. The van der Waals surface area contributed by atoms with Crippen LogP contribution in [0.3, 0.4) is 0 Å². The number of hydrogen-bond acceptors (Lipinski definition) is 3. The van der Waals surface area contributed by atoms with E-state index in [1.165, 1.54) is 38.4 Å². The molecule has 1 aromatic rings.